The van der Waals surface area contributed by atoms with Gasteiger partial charge in [-0.05, 0) is 55.9 Å². The lowest BCUT2D eigenvalue weighted by Gasteiger charge is -2.29. The Morgan fingerprint density at radius 3 is 2.41 bits per heavy atom. The van der Waals surface area contributed by atoms with Crippen LogP contribution in [0.5, 0.6) is 0 Å². The Morgan fingerprint density at radius 1 is 0.963 bits per heavy atom. The van der Waals surface area contributed by atoms with Crippen LogP contribution in [0.15, 0.2) is 30.3 Å². The van der Waals surface area contributed by atoms with Gasteiger partial charge in [-0.15, -0.1) is 0 Å². The molecule has 1 aromatic carbocycles. The van der Waals surface area contributed by atoms with E-state index in [0.717, 1.165) is 32.2 Å². The Morgan fingerprint density at radius 2 is 1.70 bits per heavy atom. The maximum Gasteiger partial charge on any atom is 0.243 e. The van der Waals surface area contributed by atoms with Gasteiger partial charge in [-0.25, -0.2) is 0 Å². The SMILES string of the molecule is O=C(NC1CCCCC1)[C@H]1CCCN1C(=O)CC(c1ccccc1)C1CC1. The van der Waals surface area contributed by atoms with E-state index in [4.69, 9.17) is 0 Å². The molecular formula is C23H32N2O2. The Labute approximate surface area is 162 Å². The predicted octanol–water partition coefficient (Wildman–Crippen LogP) is 4.01. The topological polar surface area (TPSA) is 49.4 Å². The minimum absolute atomic E-state index is 0.0791. The number of nitrogens with one attached hydrogen (secondary N) is 1. The summed E-state index contributed by atoms with van der Waals surface area (Å²) < 4.78 is 0. The molecule has 4 nitrogen and oxygen atoms in total. The van der Waals surface area contributed by atoms with Crippen LogP contribution < -0.4 is 5.32 Å². The molecule has 146 valence electrons. The second-order valence-electron chi connectivity index (χ2n) is 8.65. The van der Waals surface area contributed by atoms with E-state index in [2.05, 4.69) is 29.6 Å². The first kappa shape index (κ1) is 18.5. The van der Waals surface area contributed by atoms with E-state index in [1.165, 1.54) is 37.7 Å². The fraction of sp³-hybridized carbons (Fsp3) is 0.652. The molecular weight excluding hydrogens is 336 g/mol. The van der Waals surface area contributed by atoms with E-state index in [9.17, 15) is 9.59 Å². The van der Waals surface area contributed by atoms with Crippen LogP contribution in [-0.4, -0.2) is 35.3 Å². The zero-order chi connectivity index (χ0) is 18.6. The molecule has 0 spiro atoms. The highest BCUT2D eigenvalue weighted by Gasteiger charge is 2.39. The molecule has 27 heavy (non-hydrogen) atoms. The van der Waals surface area contributed by atoms with Gasteiger partial charge in [-0.1, -0.05) is 49.6 Å². The molecule has 2 saturated carbocycles. The van der Waals surface area contributed by atoms with Crippen LogP contribution in [-0.2, 0) is 9.59 Å². The van der Waals surface area contributed by atoms with E-state index >= 15 is 0 Å². The second kappa shape index (κ2) is 8.45. The summed E-state index contributed by atoms with van der Waals surface area (Å²) in [6.07, 6.45) is 10.6. The van der Waals surface area contributed by atoms with Gasteiger partial charge in [0.15, 0.2) is 0 Å². The minimum Gasteiger partial charge on any atom is -0.352 e. The third-order valence-corrected chi connectivity index (χ3v) is 6.64. The van der Waals surface area contributed by atoms with E-state index in [-0.39, 0.29) is 17.9 Å². The highest BCUT2D eigenvalue weighted by molar-refractivity contribution is 5.88. The molecule has 0 aromatic heterocycles. The van der Waals surface area contributed by atoms with Crippen molar-refractivity contribution >= 4 is 11.8 Å². The van der Waals surface area contributed by atoms with E-state index in [1.54, 1.807) is 0 Å². The summed E-state index contributed by atoms with van der Waals surface area (Å²) in [5, 5.41) is 3.23. The van der Waals surface area contributed by atoms with Gasteiger partial charge in [0, 0.05) is 19.0 Å². The fourth-order valence-electron chi connectivity index (χ4n) is 4.94. The Kier molecular flexibility index (Phi) is 5.80. The Balaban J connectivity index is 1.38. The van der Waals surface area contributed by atoms with Crippen molar-refractivity contribution in [1.29, 1.82) is 0 Å². The van der Waals surface area contributed by atoms with E-state index < -0.39 is 0 Å². The normalized spacial score (nSPS) is 24.6. The van der Waals surface area contributed by atoms with Crippen molar-refractivity contribution in [2.24, 2.45) is 5.92 Å². The molecule has 2 atom stereocenters. The zero-order valence-electron chi connectivity index (χ0n) is 16.2. The third-order valence-electron chi connectivity index (χ3n) is 6.64. The lowest BCUT2D eigenvalue weighted by molar-refractivity contribution is -0.139. The molecule has 4 rings (SSSR count). The van der Waals surface area contributed by atoms with Crippen molar-refractivity contribution < 1.29 is 9.59 Å². The average Bonchev–Trinajstić information content (AvgIpc) is 3.42. The molecule has 2 aliphatic carbocycles. The first-order valence-corrected chi connectivity index (χ1v) is 10.9. The van der Waals surface area contributed by atoms with Crippen LogP contribution in [0.4, 0.5) is 0 Å². The van der Waals surface area contributed by atoms with Crippen molar-refractivity contribution in [2.45, 2.75) is 82.2 Å². The van der Waals surface area contributed by atoms with Crippen molar-refractivity contribution in [2.75, 3.05) is 6.54 Å². The van der Waals surface area contributed by atoms with Gasteiger partial charge in [0.1, 0.15) is 6.04 Å². The molecule has 2 amide bonds. The maximum absolute atomic E-state index is 13.1. The molecule has 1 heterocycles. The molecule has 0 bridgehead atoms. The number of benzene rings is 1. The molecule has 1 aliphatic heterocycles. The monoisotopic (exact) mass is 368 g/mol. The Bertz CT molecular complexity index is 650. The number of hydrogen-bond donors (Lipinski definition) is 1. The summed E-state index contributed by atoms with van der Waals surface area (Å²) in [5.74, 6) is 1.18. The predicted molar refractivity (Wildman–Crippen MR) is 106 cm³/mol. The summed E-state index contributed by atoms with van der Waals surface area (Å²) in [6, 6.07) is 10.5. The summed E-state index contributed by atoms with van der Waals surface area (Å²) in [6.45, 7) is 0.730. The van der Waals surface area contributed by atoms with Crippen LogP contribution in [0, 0.1) is 5.92 Å². The van der Waals surface area contributed by atoms with Crippen molar-refractivity contribution in [3.63, 3.8) is 0 Å². The van der Waals surface area contributed by atoms with Crippen LogP contribution in [0.2, 0.25) is 0 Å². The number of rotatable bonds is 6. The van der Waals surface area contributed by atoms with Crippen molar-refractivity contribution in [1.82, 2.24) is 10.2 Å². The van der Waals surface area contributed by atoms with Gasteiger partial charge in [0.25, 0.3) is 0 Å². The number of amides is 2. The zero-order valence-corrected chi connectivity index (χ0v) is 16.2. The molecule has 3 aliphatic rings. The largest absolute Gasteiger partial charge is 0.352 e. The maximum atomic E-state index is 13.1. The average molecular weight is 369 g/mol. The first-order chi connectivity index (χ1) is 13.2. The van der Waals surface area contributed by atoms with Crippen molar-refractivity contribution in [3.05, 3.63) is 35.9 Å². The molecule has 1 aromatic rings. The summed E-state index contributed by atoms with van der Waals surface area (Å²) in [5.41, 5.74) is 1.27. The fourth-order valence-corrected chi connectivity index (χ4v) is 4.94. The van der Waals surface area contributed by atoms with E-state index in [0.29, 0.717) is 24.3 Å². The molecule has 4 heteroatoms. The smallest absolute Gasteiger partial charge is 0.243 e. The van der Waals surface area contributed by atoms with E-state index in [1.807, 2.05) is 11.0 Å². The van der Waals surface area contributed by atoms with Crippen LogP contribution in [0.1, 0.15) is 75.7 Å². The number of likely N-dealkylation sites (tertiary alicyclic amines) is 1. The number of nitrogens with zero attached hydrogens (tertiary/aromatic N) is 1. The van der Waals surface area contributed by atoms with Crippen LogP contribution in [0.3, 0.4) is 0 Å². The standard InChI is InChI=1S/C23H32N2O2/c26-22(16-20(18-13-14-18)17-8-3-1-4-9-17)25-15-7-12-21(25)23(27)24-19-10-5-2-6-11-19/h1,3-4,8-9,18-21H,2,5-7,10-16H2,(H,24,27)/t20?,21-/m1/s1. The number of carbonyl (C=O) groups is 2. The van der Waals surface area contributed by atoms with Crippen LogP contribution >= 0.6 is 0 Å². The molecule has 1 saturated heterocycles. The Hall–Kier alpha value is -1.84. The summed E-state index contributed by atoms with van der Waals surface area (Å²) in [4.78, 5) is 27.8. The number of hydrogen-bond acceptors (Lipinski definition) is 2. The summed E-state index contributed by atoms with van der Waals surface area (Å²) in [7, 11) is 0. The van der Waals surface area contributed by atoms with Gasteiger partial charge in [0.2, 0.25) is 11.8 Å². The van der Waals surface area contributed by atoms with Crippen molar-refractivity contribution in [3.8, 4) is 0 Å². The highest BCUT2D eigenvalue weighted by atomic mass is 16.2. The van der Waals surface area contributed by atoms with Gasteiger partial charge in [-0.2, -0.15) is 0 Å². The number of carbonyl (C=O) groups excluding carboxylic acids is 2. The van der Waals surface area contributed by atoms with Crippen LogP contribution in [0.25, 0.3) is 0 Å². The second-order valence-corrected chi connectivity index (χ2v) is 8.65. The molecule has 3 fully saturated rings. The lowest BCUT2D eigenvalue weighted by atomic mass is 9.90. The molecule has 0 radical (unpaired) electrons. The third kappa shape index (κ3) is 4.53. The highest BCUT2D eigenvalue weighted by Crippen LogP contribution is 2.45. The lowest BCUT2D eigenvalue weighted by Crippen LogP contribution is -2.49. The first-order valence-electron chi connectivity index (χ1n) is 10.9. The van der Waals surface area contributed by atoms with Gasteiger partial charge < -0.3 is 10.2 Å². The van der Waals surface area contributed by atoms with Gasteiger partial charge >= 0.3 is 0 Å². The van der Waals surface area contributed by atoms with Gasteiger partial charge in [0.05, 0.1) is 0 Å². The minimum atomic E-state index is -0.255. The molecule has 1 unspecified atom stereocenters. The summed E-state index contributed by atoms with van der Waals surface area (Å²) >= 11 is 0. The van der Waals surface area contributed by atoms with Gasteiger partial charge in [-0.3, -0.25) is 9.59 Å². The molecule has 1 N–H and O–H groups in total. The quantitative estimate of drug-likeness (QED) is 0.825.